The molecule has 1 saturated heterocycles. The van der Waals surface area contributed by atoms with Crippen molar-refractivity contribution in [3.05, 3.63) is 29.3 Å². The topological polar surface area (TPSA) is 37.4 Å². The zero-order chi connectivity index (χ0) is 14.0. The van der Waals surface area contributed by atoms with Crippen LogP contribution in [0, 0.1) is 19.8 Å². The first-order chi connectivity index (χ1) is 9.06. The van der Waals surface area contributed by atoms with Crippen LogP contribution in [0.1, 0.15) is 37.3 Å². The lowest BCUT2D eigenvalue weighted by molar-refractivity contribution is -0.133. The molecule has 19 heavy (non-hydrogen) atoms. The summed E-state index contributed by atoms with van der Waals surface area (Å²) in [6.45, 7) is 6.62. The van der Waals surface area contributed by atoms with Crippen molar-refractivity contribution in [3.63, 3.8) is 0 Å². The van der Waals surface area contributed by atoms with Gasteiger partial charge in [0.2, 0.25) is 5.91 Å². The van der Waals surface area contributed by atoms with Gasteiger partial charge in [-0.25, -0.2) is 0 Å². The second-order valence-electron chi connectivity index (χ2n) is 5.22. The Hall–Kier alpha value is -1.64. The molecule has 0 aromatic heterocycles. The van der Waals surface area contributed by atoms with Gasteiger partial charge in [-0.3, -0.25) is 9.59 Å². The molecular formula is C16H21NO2. The summed E-state index contributed by atoms with van der Waals surface area (Å²) in [7, 11) is 0. The lowest BCUT2D eigenvalue weighted by Crippen LogP contribution is -2.44. The summed E-state index contributed by atoms with van der Waals surface area (Å²) >= 11 is 0. The van der Waals surface area contributed by atoms with Gasteiger partial charge in [-0.15, -0.1) is 0 Å². The second kappa shape index (κ2) is 5.55. The quantitative estimate of drug-likeness (QED) is 0.782. The molecule has 0 aliphatic carbocycles. The maximum atomic E-state index is 12.5. The molecule has 1 aliphatic rings. The molecule has 3 nitrogen and oxygen atoms in total. The summed E-state index contributed by atoms with van der Waals surface area (Å²) < 4.78 is 0. The summed E-state index contributed by atoms with van der Waals surface area (Å²) in [5, 5.41) is 0. The van der Waals surface area contributed by atoms with Crippen LogP contribution >= 0.6 is 0 Å². The zero-order valence-corrected chi connectivity index (χ0v) is 11.9. The Morgan fingerprint density at radius 3 is 2.79 bits per heavy atom. The number of carbonyl (C=O) groups excluding carboxylic acids is 2. The van der Waals surface area contributed by atoms with Crippen LogP contribution in [0.3, 0.4) is 0 Å². The molecule has 0 N–H and O–H groups in total. The van der Waals surface area contributed by atoms with Gasteiger partial charge in [-0.1, -0.05) is 19.1 Å². The molecule has 0 unspecified atom stereocenters. The fourth-order valence-corrected chi connectivity index (χ4v) is 2.69. The first-order valence-corrected chi connectivity index (χ1v) is 6.96. The highest BCUT2D eigenvalue weighted by atomic mass is 16.2. The number of Topliss-reactive ketones (excluding diaryl/α,β-unsaturated/α-hetero) is 1. The van der Waals surface area contributed by atoms with Crippen molar-refractivity contribution in [2.24, 2.45) is 5.92 Å². The zero-order valence-electron chi connectivity index (χ0n) is 11.9. The van der Waals surface area contributed by atoms with E-state index in [2.05, 4.69) is 0 Å². The molecule has 1 amide bonds. The smallest absolute Gasteiger partial charge is 0.237 e. The van der Waals surface area contributed by atoms with Gasteiger partial charge >= 0.3 is 0 Å². The summed E-state index contributed by atoms with van der Waals surface area (Å²) in [5.41, 5.74) is 3.26. The largest absolute Gasteiger partial charge is 0.312 e. The lowest BCUT2D eigenvalue weighted by atomic mass is 9.90. The van der Waals surface area contributed by atoms with E-state index in [1.54, 1.807) is 4.90 Å². The van der Waals surface area contributed by atoms with Crippen molar-refractivity contribution in [1.82, 2.24) is 0 Å². The maximum Gasteiger partial charge on any atom is 0.237 e. The average molecular weight is 259 g/mol. The van der Waals surface area contributed by atoms with E-state index < -0.39 is 5.92 Å². The van der Waals surface area contributed by atoms with E-state index in [1.807, 2.05) is 39.0 Å². The molecule has 0 saturated carbocycles. The normalized spacial score (nSPS) is 19.6. The van der Waals surface area contributed by atoms with Crippen LogP contribution in [0.15, 0.2) is 18.2 Å². The molecule has 1 atom stereocenters. The lowest BCUT2D eigenvalue weighted by Gasteiger charge is -2.32. The van der Waals surface area contributed by atoms with Gasteiger partial charge in [-0.05, 0) is 43.9 Å². The number of piperidine rings is 1. The molecule has 1 heterocycles. The van der Waals surface area contributed by atoms with Crippen molar-refractivity contribution >= 4 is 17.4 Å². The monoisotopic (exact) mass is 259 g/mol. The fourth-order valence-electron chi connectivity index (χ4n) is 2.69. The molecular weight excluding hydrogens is 238 g/mol. The van der Waals surface area contributed by atoms with Crippen LogP contribution in [0.5, 0.6) is 0 Å². The Morgan fingerprint density at radius 1 is 1.37 bits per heavy atom. The third kappa shape index (κ3) is 2.55. The van der Waals surface area contributed by atoms with Crippen LogP contribution in [0.4, 0.5) is 5.69 Å². The molecule has 102 valence electrons. The van der Waals surface area contributed by atoms with E-state index in [4.69, 9.17) is 0 Å². The predicted molar refractivity (Wildman–Crippen MR) is 76.3 cm³/mol. The van der Waals surface area contributed by atoms with E-state index in [1.165, 1.54) is 5.56 Å². The molecule has 2 rings (SSSR count). The summed E-state index contributed by atoms with van der Waals surface area (Å²) in [5.74, 6) is -0.384. The fraction of sp³-hybridized carbons (Fsp3) is 0.500. The molecule has 1 fully saturated rings. The summed E-state index contributed by atoms with van der Waals surface area (Å²) in [6, 6.07) is 5.98. The van der Waals surface area contributed by atoms with Gasteiger partial charge < -0.3 is 4.90 Å². The highest BCUT2D eigenvalue weighted by Crippen LogP contribution is 2.29. The number of aryl methyl sites for hydroxylation is 1. The van der Waals surface area contributed by atoms with Crippen LogP contribution in [-0.4, -0.2) is 18.2 Å². The number of ketones is 1. The molecule has 0 radical (unpaired) electrons. The summed E-state index contributed by atoms with van der Waals surface area (Å²) in [6.07, 6.45) is 2.04. The maximum absolute atomic E-state index is 12.5. The molecule has 1 aromatic carbocycles. The van der Waals surface area contributed by atoms with Gasteiger partial charge in [0, 0.05) is 18.7 Å². The molecule has 1 aromatic rings. The standard InChI is InChI=1S/C16H21NO2/c1-4-15(18)13-8-6-10-17(16(13)19)14-9-5-7-11(2)12(14)3/h5,7,9,13H,4,6,8,10H2,1-3H3/t13-/m1/s1. The highest BCUT2D eigenvalue weighted by molar-refractivity contribution is 6.09. The molecule has 0 spiro atoms. The number of hydrogen-bond acceptors (Lipinski definition) is 2. The second-order valence-corrected chi connectivity index (χ2v) is 5.22. The van der Waals surface area contributed by atoms with E-state index in [0.717, 1.165) is 24.2 Å². The van der Waals surface area contributed by atoms with E-state index in [9.17, 15) is 9.59 Å². The van der Waals surface area contributed by atoms with E-state index in [0.29, 0.717) is 12.8 Å². The molecule has 3 heteroatoms. The van der Waals surface area contributed by atoms with Crippen molar-refractivity contribution in [2.45, 2.75) is 40.0 Å². The van der Waals surface area contributed by atoms with Gasteiger partial charge in [0.25, 0.3) is 0 Å². The average Bonchev–Trinajstić information content (AvgIpc) is 2.42. The van der Waals surface area contributed by atoms with E-state index in [-0.39, 0.29) is 11.7 Å². The minimum atomic E-state index is -0.432. The Labute approximate surface area is 114 Å². The Kier molecular flexibility index (Phi) is 4.03. The first-order valence-electron chi connectivity index (χ1n) is 6.96. The van der Waals surface area contributed by atoms with Gasteiger partial charge in [0.05, 0.1) is 5.92 Å². The highest BCUT2D eigenvalue weighted by Gasteiger charge is 2.34. The third-order valence-electron chi connectivity index (χ3n) is 4.04. The van der Waals surface area contributed by atoms with Crippen LogP contribution < -0.4 is 4.90 Å². The number of anilines is 1. The van der Waals surface area contributed by atoms with Crippen molar-refractivity contribution in [1.29, 1.82) is 0 Å². The first kappa shape index (κ1) is 13.8. The van der Waals surface area contributed by atoms with Gasteiger partial charge in [0.15, 0.2) is 0 Å². The minimum absolute atomic E-state index is 0.0215. The number of nitrogens with zero attached hydrogens (tertiary/aromatic N) is 1. The summed E-state index contributed by atoms with van der Waals surface area (Å²) in [4.78, 5) is 26.1. The van der Waals surface area contributed by atoms with E-state index >= 15 is 0 Å². The van der Waals surface area contributed by atoms with Crippen LogP contribution in [0.2, 0.25) is 0 Å². The van der Waals surface area contributed by atoms with Crippen LogP contribution in [-0.2, 0) is 9.59 Å². The number of rotatable bonds is 3. The number of carbonyl (C=O) groups is 2. The van der Waals surface area contributed by atoms with Crippen molar-refractivity contribution < 1.29 is 9.59 Å². The Bertz CT molecular complexity index is 507. The Morgan fingerprint density at radius 2 is 2.11 bits per heavy atom. The Balaban J connectivity index is 2.32. The molecule has 0 bridgehead atoms. The van der Waals surface area contributed by atoms with Gasteiger partial charge in [0.1, 0.15) is 5.78 Å². The third-order valence-corrected chi connectivity index (χ3v) is 4.04. The van der Waals surface area contributed by atoms with Gasteiger partial charge in [-0.2, -0.15) is 0 Å². The predicted octanol–water partition coefficient (Wildman–Crippen LogP) is 3.03. The minimum Gasteiger partial charge on any atom is -0.312 e. The number of amides is 1. The van der Waals surface area contributed by atoms with Crippen molar-refractivity contribution in [2.75, 3.05) is 11.4 Å². The SMILES string of the molecule is CCC(=O)[C@H]1CCCN(c2cccc(C)c2C)C1=O. The van der Waals surface area contributed by atoms with Crippen molar-refractivity contribution in [3.8, 4) is 0 Å². The number of hydrogen-bond donors (Lipinski definition) is 0. The molecule has 1 aliphatic heterocycles. The van der Waals surface area contributed by atoms with Crippen LogP contribution in [0.25, 0.3) is 0 Å². The number of benzene rings is 1.